The van der Waals surface area contributed by atoms with Crippen LogP contribution in [0.25, 0.3) is 0 Å². The number of hydrogen-bond donors (Lipinski definition) is 1. The van der Waals surface area contributed by atoms with Crippen LogP contribution >= 0.6 is 0 Å². The summed E-state index contributed by atoms with van der Waals surface area (Å²) in [6.07, 6.45) is 2.77. The lowest BCUT2D eigenvalue weighted by Crippen LogP contribution is -2.23. The SMILES string of the molecule is COc1ccc(OC(=O)C2CCCc3ccc(N)cc32)cc1. The van der Waals surface area contributed by atoms with Gasteiger partial charge < -0.3 is 15.2 Å². The number of ether oxygens (including phenoxy) is 2. The minimum absolute atomic E-state index is 0.225. The quantitative estimate of drug-likeness (QED) is 0.536. The van der Waals surface area contributed by atoms with Crippen molar-refractivity contribution >= 4 is 11.7 Å². The minimum Gasteiger partial charge on any atom is -0.497 e. The summed E-state index contributed by atoms with van der Waals surface area (Å²) >= 11 is 0. The van der Waals surface area contributed by atoms with Crippen molar-refractivity contribution in [2.75, 3.05) is 12.8 Å². The third kappa shape index (κ3) is 2.91. The third-order valence-electron chi connectivity index (χ3n) is 4.05. The second-order valence-corrected chi connectivity index (χ2v) is 5.50. The van der Waals surface area contributed by atoms with E-state index < -0.39 is 0 Å². The molecule has 0 spiro atoms. The number of benzene rings is 2. The Morgan fingerprint density at radius 1 is 1.14 bits per heavy atom. The topological polar surface area (TPSA) is 61.5 Å². The van der Waals surface area contributed by atoms with Crippen LogP contribution in [0.3, 0.4) is 0 Å². The predicted molar refractivity (Wildman–Crippen MR) is 85.2 cm³/mol. The zero-order valence-corrected chi connectivity index (χ0v) is 12.5. The molecule has 4 nitrogen and oxygen atoms in total. The Bertz CT molecular complexity index is 679. The molecule has 1 aliphatic carbocycles. The van der Waals surface area contributed by atoms with Crippen molar-refractivity contribution < 1.29 is 14.3 Å². The summed E-state index contributed by atoms with van der Waals surface area (Å²) in [6.45, 7) is 0. The molecular weight excluding hydrogens is 278 g/mol. The lowest BCUT2D eigenvalue weighted by atomic mass is 9.82. The van der Waals surface area contributed by atoms with E-state index in [9.17, 15) is 4.79 Å². The van der Waals surface area contributed by atoms with Crippen molar-refractivity contribution in [3.05, 3.63) is 53.6 Å². The first-order valence-corrected chi connectivity index (χ1v) is 7.41. The van der Waals surface area contributed by atoms with Gasteiger partial charge in [-0.2, -0.15) is 0 Å². The second kappa shape index (κ2) is 6.10. The highest BCUT2D eigenvalue weighted by Gasteiger charge is 2.28. The lowest BCUT2D eigenvalue weighted by molar-refractivity contribution is -0.136. The summed E-state index contributed by atoms with van der Waals surface area (Å²) in [5.41, 5.74) is 8.74. The number of carbonyl (C=O) groups excluding carboxylic acids is 1. The molecule has 2 aromatic rings. The van der Waals surface area contributed by atoms with E-state index in [-0.39, 0.29) is 11.9 Å². The summed E-state index contributed by atoms with van der Waals surface area (Å²) in [6, 6.07) is 12.8. The van der Waals surface area contributed by atoms with Gasteiger partial charge in [-0.3, -0.25) is 4.79 Å². The maximum atomic E-state index is 12.5. The smallest absolute Gasteiger partial charge is 0.318 e. The number of fused-ring (bicyclic) bond motifs is 1. The number of methoxy groups -OCH3 is 1. The van der Waals surface area contributed by atoms with Gasteiger partial charge in [-0.05, 0) is 66.8 Å². The molecule has 0 heterocycles. The van der Waals surface area contributed by atoms with Gasteiger partial charge in [-0.15, -0.1) is 0 Å². The van der Waals surface area contributed by atoms with Crippen molar-refractivity contribution in [2.24, 2.45) is 0 Å². The first-order chi connectivity index (χ1) is 10.7. The molecule has 2 aromatic carbocycles. The molecule has 1 atom stereocenters. The van der Waals surface area contributed by atoms with Crippen LogP contribution in [-0.2, 0) is 11.2 Å². The third-order valence-corrected chi connectivity index (χ3v) is 4.05. The fourth-order valence-electron chi connectivity index (χ4n) is 2.89. The van der Waals surface area contributed by atoms with Crippen molar-refractivity contribution in [1.29, 1.82) is 0 Å². The molecule has 0 bridgehead atoms. The minimum atomic E-state index is -0.241. The van der Waals surface area contributed by atoms with E-state index in [4.69, 9.17) is 15.2 Å². The van der Waals surface area contributed by atoms with Gasteiger partial charge in [0.2, 0.25) is 0 Å². The van der Waals surface area contributed by atoms with Crippen LogP contribution in [0.2, 0.25) is 0 Å². The largest absolute Gasteiger partial charge is 0.497 e. The fourth-order valence-corrected chi connectivity index (χ4v) is 2.89. The highest BCUT2D eigenvalue weighted by atomic mass is 16.5. The van der Waals surface area contributed by atoms with Gasteiger partial charge in [0.1, 0.15) is 11.5 Å². The standard InChI is InChI=1S/C18H19NO3/c1-21-14-7-9-15(10-8-14)22-18(20)16-4-2-3-12-5-6-13(19)11-17(12)16/h5-11,16H,2-4,19H2,1H3. The molecule has 0 aliphatic heterocycles. The molecule has 2 N–H and O–H groups in total. The number of esters is 1. The lowest BCUT2D eigenvalue weighted by Gasteiger charge is -2.24. The van der Waals surface area contributed by atoms with Crippen LogP contribution < -0.4 is 15.2 Å². The zero-order valence-electron chi connectivity index (χ0n) is 12.5. The number of hydrogen-bond acceptors (Lipinski definition) is 4. The van der Waals surface area contributed by atoms with Crippen LogP contribution in [-0.4, -0.2) is 13.1 Å². The number of nitrogens with two attached hydrogens (primary N) is 1. The monoisotopic (exact) mass is 297 g/mol. The molecule has 0 aromatic heterocycles. The molecule has 0 radical (unpaired) electrons. The van der Waals surface area contributed by atoms with Gasteiger partial charge in [0, 0.05) is 5.69 Å². The van der Waals surface area contributed by atoms with Crippen LogP contribution in [0.1, 0.15) is 29.9 Å². The molecule has 0 saturated heterocycles. The van der Waals surface area contributed by atoms with E-state index >= 15 is 0 Å². The zero-order chi connectivity index (χ0) is 15.5. The van der Waals surface area contributed by atoms with Crippen LogP contribution in [0.5, 0.6) is 11.5 Å². The Kier molecular flexibility index (Phi) is 4.00. The van der Waals surface area contributed by atoms with E-state index in [0.29, 0.717) is 11.4 Å². The Hall–Kier alpha value is -2.49. The van der Waals surface area contributed by atoms with Gasteiger partial charge in [0.25, 0.3) is 0 Å². The fraction of sp³-hybridized carbons (Fsp3) is 0.278. The highest BCUT2D eigenvalue weighted by Crippen LogP contribution is 2.34. The van der Waals surface area contributed by atoms with Gasteiger partial charge in [0.15, 0.2) is 0 Å². The first kappa shape index (κ1) is 14.4. The molecule has 4 heteroatoms. The van der Waals surface area contributed by atoms with E-state index in [1.807, 2.05) is 18.2 Å². The summed E-state index contributed by atoms with van der Waals surface area (Å²) in [7, 11) is 1.60. The Balaban J connectivity index is 1.79. The Labute approximate surface area is 129 Å². The maximum absolute atomic E-state index is 12.5. The van der Waals surface area contributed by atoms with Crippen molar-refractivity contribution in [2.45, 2.75) is 25.2 Å². The molecular formula is C18H19NO3. The predicted octanol–water partition coefficient (Wildman–Crippen LogP) is 3.30. The van der Waals surface area contributed by atoms with Gasteiger partial charge >= 0.3 is 5.97 Å². The average molecular weight is 297 g/mol. The van der Waals surface area contributed by atoms with Crippen molar-refractivity contribution in [1.82, 2.24) is 0 Å². The molecule has 3 rings (SSSR count). The maximum Gasteiger partial charge on any atom is 0.318 e. The van der Waals surface area contributed by atoms with E-state index in [2.05, 4.69) is 0 Å². The highest BCUT2D eigenvalue weighted by molar-refractivity contribution is 5.81. The van der Waals surface area contributed by atoms with Crippen LogP contribution in [0.15, 0.2) is 42.5 Å². The number of rotatable bonds is 3. The summed E-state index contributed by atoms with van der Waals surface area (Å²) in [5, 5.41) is 0. The molecule has 0 fully saturated rings. The van der Waals surface area contributed by atoms with E-state index in [0.717, 1.165) is 30.6 Å². The second-order valence-electron chi connectivity index (χ2n) is 5.50. The normalized spacial score (nSPS) is 16.7. The first-order valence-electron chi connectivity index (χ1n) is 7.41. The van der Waals surface area contributed by atoms with E-state index in [1.54, 1.807) is 31.4 Å². The Morgan fingerprint density at radius 2 is 1.86 bits per heavy atom. The van der Waals surface area contributed by atoms with Crippen molar-refractivity contribution in [3.63, 3.8) is 0 Å². The summed E-state index contributed by atoms with van der Waals surface area (Å²) in [4.78, 5) is 12.5. The van der Waals surface area contributed by atoms with E-state index in [1.165, 1.54) is 5.56 Å². The van der Waals surface area contributed by atoms with Crippen LogP contribution in [0.4, 0.5) is 5.69 Å². The molecule has 1 aliphatic rings. The van der Waals surface area contributed by atoms with Gasteiger partial charge in [0.05, 0.1) is 13.0 Å². The van der Waals surface area contributed by atoms with Gasteiger partial charge in [-0.1, -0.05) is 6.07 Å². The number of carbonyl (C=O) groups is 1. The molecule has 22 heavy (non-hydrogen) atoms. The van der Waals surface area contributed by atoms with Crippen LogP contribution in [0, 0.1) is 0 Å². The van der Waals surface area contributed by atoms with Gasteiger partial charge in [-0.25, -0.2) is 0 Å². The average Bonchev–Trinajstić information content (AvgIpc) is 2.55. The Morgan fingerprint density at radius 3 is 2.59 bits per heavy atom. The molecule has 114 valence electrons. The number of anilines is 1. The van der Waals surface area contributed by atoms with Crippen molar-refractivity contribution in [3.8, 4) is 11.5 Å². The summed E-state index contributed by atoms with van der Waals surface area (Å²) in [5.74, 6) is 0.795. The summed E-state index contributed by atoms with van der Waals surface area (Å²) < 4.78 is 10.6. The number of aryl methyl sites for hydroxylation is 1. The number of nitrogen functional groups attached to an aromatic ring is 1. The molecule has 0 saturated carbocycles. The molecule has 1 unspecified atom stereocenters. The molecule has 0 amide bonds.